The van der Waals surface area contributed by atoms with Gasteiger partial charge in [-0.3, -0.25) is 0 Å². The molecule has 1 aromatic rings. The van der Waals surface area contributed by atoms with Crippen molar-refractivity contribution in [1.82, 2.24) is 9.88 Å². The third kappa shape index (κ3) is 3.62. The normalized spacial score (nSPS) is 18.7. The van der Waals surface area contributed by atoms with Crippen molar-refractivity contribution < 1.29 is 18.7 Å². The van der Waals surface area contributed by atoms with Gasteiger partial charge in [0, 0.05) is 12.1 Å². The molecule has 6 heteroatoms. The van der Waals surface area contributed by atoms with Gasteiger partial charge in [-0.2, -0.15) is 0 Å². The minimum atomic E-state index is -0.561. The number of rotatable bonds is 2. The zero-order valence-electron chi connectivity index (χ0n) is 12.9. The van der Waals surface area contributed by atoms with Crippen molar-refractivity contribution in [1.29, 1.82) is 0 Å². The molecule has 116 valence electrons. The molecule has 1 aliphatic heterocycles. The van der Waals surface area contributed by atoms with Crippen LogP contribution in [-0.2, 0) is 4.74 Å². The molecule has 1 saturated heterocycles. The molecular weight excluding hydrogens is 275 g/mol. The highest BCUT2D eigenvalue weighted by Gasteiger charge is 2.35. The average molecular weight is 296 g/mol. The summed E-state index contributed by atoms with van der Waals surface area (Å²) in [5, 5.41) is 0. The molecule has 1 fully saturated rings. The van der Waals surface area contributed by atoms with Crippen LogP contribution in [0, 0.1) is 5.82 Å². The SMILES string of the molecule is COc1ncc(F)cc1C1CCCN1C(=O)OC(C)(C)C. The number of likely N-dealkylation sites (tertiary alicyclic amines) is 1. The number of ether oxygens (including phenoxy) is 2. The van der Waals surface area contributed by atoms with Crippen molar-refractivity contribution in [2.75, 3.05) is 13.7 Å². The zero-order valence-corrected chi connectivity index (χ0v) is 12.9. The summed E-state index contributed by atoms with van der Waals surface area (Å²) in [6, 6.07) is 1.11. The van der Waals surface area contributed by atoms with Gasteiger partial charge in [0.1, 0.15) is 11.4 Å². The Bertz CT molecular complexity index is 528. The average Bonchev–Trinajstić information content (AvgIpc) is 2.85. The Morgan fingerprint density at radius 2 is 2.19 bits per heavy atom. The molecule has 1 aromatic heterocycles. The Kier molecular flexibility index (Phi) is 4.34. The number of carbonyl (C=O) groups excluding carboxylic acids is 1. The molecule has 0 N–H and O–H groups in total. The van der Waals surface area contributed by atoms with Crippen LogP contribution >= 0.6 is 0 Å². The fraction of sp³-hybridized carbons (Fsp3) is 0.600. The van der Waals surface area contributed by atoms with E-state index in [4.69, 9.17) is 9.47 Å². The highest BCUT2D eigenvalue weighted by Crippen LogP contribution is 2.37. The first-order valence-corrected chi connectivity index (χ1v) is 7.01. The molecule has 0 aromatic carbocycles. The van der Waals surface area contributed by atoms with Crippen LogP contribution in [0.5, 0.6) is 5.88 Å². The smallest absolute Gasteiger partial charge is 0.410 e. The van der Waals surface area contributed by atoms with E-state index in [1.807, 2.05) is 20.8 Å². The molecule has 0 aliphatic carbocycles. The largest absolute Gasteiger partial charge is 0.481 e. The van der Waals surface area contributed by atoms with E-state index >= 15 is 0 Å². The van der Waals surface area contributed by atoms with Crippen LogP contribution in [0.2, 0.25) is 0 Å². The van der Waals surface area contributed by atoms with Gasteiger partial charge in [-0.05, 0) is 39.7 Å². The van der Waals surface area contributed by atoms with Gasteiger partial charge in [0.2, 0.25) is 5.88 Å². The Morgan fingerprint density at radius 3 is 2.81 bits per heavy atom. The van der Waals surface area contributed by atoms with E-state index in [0.717, 1.165) is 19.0 Å². The number of carbonyl (C=O) groups is 1. The second kappa shape index (κ2) is 5.87. The van der Waals surface area contributed by atoms with Crippen molar-refractivity contribution in [2.24, 2.45) is 0 Å². The van der Waals surface area contributed by atoms with Crippen molar-refractivity contribution in [3.8, 4) is 5.88 Å². The molecule has 2 rings (SSSR count). The quantitative estimate of drug-likeness (QED) is 0.840. The van der Waals surface area contributed by atoms with Crippen LogP contribution < -0.4 is 4.74 Å². The summed E-state index contributed by atoms with van der Waals surface area (Å²) in [7, 11) is 1.48. The number of aromatic nitrogens is 1. The lowest BCUT2D eigenvalue weighted by Gasteiger charge is -2.29. The molecular formula is C15H21FN2O3. The minimum absolute atomic E-state index is 0.266. The molecule has 5 nitrogen and oxygen atoms in total. The van der Waals surface area contributed by atoms with Gasteiger partial charge in [-0.25, -0.2) is 14.2 Å². The first kappa shape index (κ1) is 15.5. The molecule has 1 atom stereocenters. The third-order valence-electron chi connectivity index (χ3n) is 3.28. The predicted octanol–water partition coefficient (Wildman–Crippen LogP) is 3.30. The number of amides is 1. The lowest BCUT2D eigenvalue weighted by Crippen LogP contribution is -2.36. The van der Waals surface area contributed by atoms with Gasteiger partial charge in [0.25, 0.3) is 0 Å². The van der Waals surface area contributed by atoms with Gasteiger partial charge in [0.15, 0.2) is 0 Å². The highest BCUT2D eigenvalue weighted by atomic mass is 19.1. The molecule has 2 heterocycles. The fourth-order valence-corrected chi connectivity index (χ4v) is 2.48. The molecule has 1 unspecified atom stereocenters. The van der Waals surface area contributed by atoms with Crippen LogP contribution in [0.3, 0.4) is 0 Å². The predicted molar refractivity (Wildman–Crippen MR) is 75.7 cm³/mol. The lowest BCUT2D eigenvalue weighted by molar-refractivity contribution is 0.0222. The van der Waals surface area contributed by atoms with Crippen LogP contribution in [0.4, 0.5) is 9.18 Å². The van der Waals surface area contributed by atoms with Crippen molar-refractivity contribution >= 4 is 6.09 Å². The topological polar surface area (TPSA) is 51.7 Å². The summed E-state index contributed by atoms with van der Waals surface area (Å²) in [6.07, 6.45) is 2.29. The van der Waals surface area contributed by atoms with E-state index in [2.05, 4.69) is 4.98 Å². The number of hydrogen-bond acceptors (Lipinski definition) is 4. The standard InChI is InChI=1S/C15H21FN2O3/c1-15(2,3)21-14(19)18-7-5-6-12(18)11-8-10(16)9-17-13(11)20-4/h8-9,12H,5-7H2,1-4H3. The first-order valence-electron chi connectivity index (χ1n) is 7.01. The minimum Gasteiger partial charge on any atom is -0.481 e. The summed E-state index contributed by atoms with van der Waals surface area (Å²) in [5.74, 6) is -0.0984. The fourth-order valence-electron chi connectivity index (χ4n) is 2.48. The second-order valence-corrected chi connectivity index (χ2v) is 6.08. The molecule has 0 radical (unpaired) electrons. The summed E-state index contributed by atoms with van der Waals surface area (Å²) < 4.78 is 24.1. The monoisotopic (exact) mass is 296 g/mol. The van der Waals surface area contributed by atoms with Gasteiger partial charge in [0.05, 0.1) is 19.3 Å². The molecule has 21 heavy (non-hydrogen) atoms. The van der Waals surface area contributed by atoms with Crippen LogP contribution in [0.1, 0.15) is 45.2 Å². The van der Waals surface area contributed by atoms with E-state index < -0.39 is 17.5 Å². The van der Waals surface area contributed by atoms with Gasteiger partial charge in [-0.15, -0.1) is 0 Å². The van der Waals surface area contributed by atoms with E-state index in [0.29, 0.717) is 18.0 Å². The maximum atomic E-state index is 13.5. The van der Waals surface area contributed by atoms with E-state index in [1.165, 1.54) is 13.2 Å². The summed E-state index contributed by atoms with van der Waals surface area (Å²) in [6.45, 7) is 6.04. The molecule has 1 aliphatic rings. The van der Waals surface area contributed by atoms with Crippen LogP contribution in [0.25, 0.3) is 0 Å². The van der Waals surface area contributed by atoms with E-state index in [1.54, 1.807) is 4.90 Å². The Balaban J connectivity index is 2.26. The maximum Gasteiger partial charge on any atom is 0.410 e. The van der Waals surface area contributed by atoms with Crippen molar-refractivity contribution in [3.63, 3.8) is 0 Å². The molecule has 0 saturated carbocycles. The molecule has 1 amide bonds. The summed E-state index contributed by atoms with van der Waals surface area (Å²) in [5.41, 5.74) is 0.0231. The first-order chi connectivity index (χ1) is 9.81. The number of nitrogens with zero attached hydrogens (tertiary/aromatic N) is 2. The van der Waals surface area contributed by atoms with Gasteiger partial charge >= 0.3 is 6.09 Å². The Hall–Kier alpha value is -1.85. The van der Waals surface area contributed by atoms with Crippen molar-refractivity contribution in [2.45, 2.75) is 45.3 Å². The number of pyridine rings is 1. The summed E-state index contributed by atoms with van der Waals surface area (Å²) in [4.78, 5) is 17.8. The Labute approximate surface area is 124 Å². The van der Waals surface area contributed by atoms with E-state index in [9.17, 15) is 9.18 Å². The van der Waals surface area contributed by atoms with Gasteiger partial charge in [-0.1, -0.05) is 0 Å². The van der Waals surface area contributed by atoms with E-state index in [-0.39, 0.29) is 6.04 Å². The maximum absolute atomic E-state index is 13.5. The van der Waals surface area contributed by atoms with Crippen LogP contribution in [-0.4, -0.2) is 35.2 Å². The molecule has 0 bridgehead atoms. The number of halogens is 1. The number of hydrogen-bond donors (Lipinski definition) is 0. The third-order valence-corrected chi connectivity index (χ3v) is 3.28. The zero-order chi connectivity index (χ0) is 15.6. The van der Waals surface area contributed by atoms with Gasteiger partial charge < -0.3 is 14.4 Å². The van der Waals surface area contributed by atoms with Crippen molar-refractivity contribution in [3.05, 3.63) is 23.6 Å². The number of methoxy groups -OCH3 is 1. The molecule has 0 spiro atoms. The second-order valence-electron chi connectivity index (χ2n) is 6.08. The lowest BCUT2D eigenvalue weighted by atomic mass is 10.1. The Morgan fingerprint density at radius 1 is 1.48 bits per heavy atom. The summed E-state index contributed by atoms with van der Waals surface area (Å²) >= 11 is 0. The van der Waals surface area contributed by atoms with Crippen LogP contribution in [0.15, 0.2) is 12.3 Å². The highest BCUT2D eigenvalue weighted by molar-refractivity contribution is 5.69.